The van der Waals surface area contributed by atoms with Crippen LogP contribution in [0.15, 0.2) is 47.6 Å². The van der Waals surface area contributed by atoms with Crippen molar-refractivity contribution >= 4 is 23.2 Å². The number of rotatable bonds is 9. The van der Waals surface area contributed by atoms with Crippen LogP contribution >= 0.6 is 0 Å². The summed E-state index contributed by atoms with van der Waals surface area (Å²) in [6.45, 7) is 4.17. The smallest absolute Gasteiger partial charge is 0.272 e. The summed E-state index contributed by atoms with van der Waals surface area (Å²) >= 11 is 0. The summed E-state index contributed by atoms with van der Waals surface area (Å²) in [6.07, 6.45) is 8.24. The van der Waals surface area contributed by atoms with Crippen LogP contribution in [0, 0.1) is 18.8 Å². The van der Waals surface area contributed by atoms with E-state index in [1.807, 2.05) is 43.3 Å². The van der Waals surface area contributed by atoms with Gasteiger partial charge >= 0.3 is 0 Å². The number of amides is 2. The molecule has 0 bridgehead atoms. The van der Waals surface area contributed by atoms with Crippen molar-refractivity contribution in [3.05, 3.63) is 59.4 Å². The van der Waals surface area contributed by atoms with E-state index in [4.69, 9.17) is 4.99 Å². The molecule has 1 aromatic carbocycles. The van der Waals surface area contributed by atoms with Crippen molar-refractivity contribution in [1.82, 2.24) is 10.3 Å². The highest BCUT2D eigenvalue weighted by molar-refractivity contribution is 6.19. The van der Waals surface area contributed by atoms with Crippen LogP contribution in [0.1, 0.15) is 68.7 Å². The second-order valence-electron chi connectivity index (χ2n) is 9.39. The van der Waals surface area contributed by atoms with Crippen LogP contribution in [0.4, 0.5) is 5.69 Å². The number of hydrogen-bond acceptors (Lipinski definition) is 4. The number of pyridine rings is 1. The van der Waals surface area contributed by atoms with Crippen molar-refractivity contribution in [3.8, 4) is 0 Å². The SMILES string of the molecule is CCCCC[C@@H](CC1CC1)C(=O)NC1N=C(c2cc(C)ccn2)c2ccccc2N(C)C1=O. The van der Waals surface area contributed by atoms with Gasteiger partial charge in [0.15, 0.2) is 0 Å². The maximum atomic E-state index is 13.4. The number of likely N-dealkylation sites (N-methyl/N-ethyl adjacent to an activating group) is 1. The number of aryl methyl sites for hydroxylation is 1. The van der Waals surface area contributed by atoms with Gasteiger partial charge in [0.05, 0.1) is 17.1 Å². The number of hydrogen-bond donors (Lipinski definition) is 1. The number of anilines is 1. The van der Waals surface area contributed by atoms with E-state index >= 15 is 0 Å². The average molecular weight is 447 g/mol. The van der Waals surface area contributed by atoms with Crippen molar-refractivity contribution in [1.29, 1.82) is 0 Å². The fraction of sp³-hybridized carbons (Fsp3) is 0.481. The zero-order valence-electron chi connectivity index (χ0n) is 19.9. The lowest BCUT2D eigenvalue weighted by molar-refractivity contribution is -0.130. The lowest BCUT2D eigenvalue weighted by Gasteiger charge is -2.23. The molecule has 4 rings (SSSR count). The number of unbranched alkanes of at least 4 members (excludes halogenated alkanes) is 2. The predicted molar refractivity (Wildman–Crippen MR) is 131 cm³/mol. The summed E-state index contributed by atoms with van der Waals surface area (Å²) in [5.74, 6) is 0.284. The zero-order chi connectivity index (χ0) is 23.4. The zero-order valence-corrected chi connectivity index (χ0v) is 19.9. The molecular weight excluding hydrogens is 412 g/mol. The number of fused-ring (bicyclic) bond motifs is 1. The van der Waals surface area contributed by atoms with Gasteiger partial charge in [0, 0.05) is 24.7 Å². The van der Waals surface area contributed by atoms with Gasteiger partial charge in [0.25, 0.3) is 5.91 Å². The molecule has 2 atom stereocenters. The monoisotopic (exact) mass is 446 g/mol. The van der Waals surface area contributed by atoms with Gasteiger partial charge in [-0.05, 0) is 49.4 Å². The summed E-state index contributed by atoms with van der Waals surface area (Å²) in [5.41, 5.74) is 3.98. The standard InChI is InChI=1S/C27H34N4O2/c1-4-5-6-9-20(17-19-12-13-19)26(32)30-25-27(33)31(3)23-11-8-7-10-21(23)24(29-25)22-16-18(2)14-15-28-22/h7-8,10-11,14-16,19-20,25H,4-6,9,12-13,17H2,1-3H3,(H,30,32)/t20-,25?/m0/s1. The molecule has 174 valence electrons. The van der Waals surface area contributed by atoms with Crippen LogP contribution < -0.4 is 10.2 Å². The molecule has 1 aliphatic heterocycles. The van der Waals surface area contributed by atoms with Gasteiger partial charge in [-0.25, -0.2) is 4.99 Å². The van der Waals surface area contributed by atoms with Crippen molar-refractivity contribution in [2.24, 2.45) is 16.8 Å². The van der Waals surface area contributed by atoms with Gasteiger partial charge in [-0.1, -0.05) is 57.2 Å². The van der Waals surface area contributed by atoms with E-state index in [0.29, 0.717) is 17.3 Å². The number of nitrogens with one attached hydrogen (secondary N) is 1. The Hall–Kier alpha value is -3.02. The first kappa shape index (κ1) is 23.1. The van der Waals surface area contributed by atoms with Crippen LogP contribution in [-0.4, -0.2) is 35.7 Å². The minimum Gasteiger partial charge on any atom is -0.326 e. The lowest BCUT2D eigenvalue weighted by atomic mass is 9.94. The first-order valence-corrected chi connectivity index (χ1v) is 12.2. The number of aromatic nitrogens is 1. The minimum absolute atomic E-state index is 0.0592. The third-order valence-corrected chi connectivity index (χ3v) is 6.62. The van der Waals surface area contributed by atoms with E-state index in [2.05, 4.69) is 17.2 Å². The molecule has 1 unspecified atom stereocenters. The normalized spacial score (nSPS) is 18.9. The number of benzene rings is 1. The van der Waals surface area contributed by atoms with Gasteiger partial charge in [-0.3, -0.25) is 14.6 Å². The maximum Gasteiger partial charge on any atom is 0.272 e. The second-order valence-corrected chi connectivity index (χ2v) is 9.39. The van der Waals surface area contributed by atoms with Gasteiger partial charge in [0.1, 0.15) is 0 Å². The third-order valence-electron chi connectivity index (χ3n) is 6.62. The Balaban J connectivity index is 1.65. The van der Waals surface area contributed by atoms with Crippen LogP contribution in [0.2, 0.25) is 0 Å². The Kier molecular flexibility index (Phi) is 7.21. The van der Waals surface area contributed by atoms with Crippen LogP contribution in [-0.2, 0) is 9.59 Å². The summed E-state index contributed by atoms with van der Waals surface area (Å²) in [6, 6.07) is 11.6. The molecule has 6 heteroatoms. The van der Waals surface area contributed by atoms with Crippen LogP contribution in [0.5, 0.6) is 0 Å². The van der Waals surface area contributed by atoms with Gasteiger partial charge in [-0.2, -0.15) is 0 Å². The van der Waals surface area contributed by atoms with E-state index in [-0.39, 0.29) is 17.7 Å². The van der Waals surface area contributed by atoms with Crippen molar-refractivity contribution < 1.29 is 9.59 Å². The van der Waals surface area contributed by atoms with E-state index in [0.717, 1.165) is 48.9 Å². The molecule has 1 aromatic heterocycles. The quantitative estimate of drug-likeness (QED) is 0.570. The first-order valence-electron chi connectivity index (χ1n) is 12.2. The van der Waals surface area contributed by atoms with Crippen LogP contribution in [0.3, 0.4) is 0 Å². The van der Waals surface area contributed by atoms with Crippen molar-refractivity contribution in [2.75, 3.05) is 11.9 Å². The van der Waals surface area contributed by atoms with Crippen molar-refractivity contribution in [2.45, 2.75) is 65.0 Å². The van der Waals surface area contributed by atoms with E-state index in [1.54, 1.807) is 18.1 Å². The van der Waals surface area contributed by atoms with E-state index in [1.165, 1.54) is 12.8 Å². The highest BCUT2D eigenvalue weighted by Gasteiger charge is 2.34. The van der Waals surface area contributed by atoms with Gasteiger partial charge in [0.2, 0.25) is 12.1 Å². The molecule has 0 spiro atoms. The third kappa shape index (κ3) is 5.49. The summed E-state index contributed by atoms with van der Waals surface area (Å²) in [5, 5.41) is 3.00. The van der Waals surface area contributed by atoms with Crippen molar-refractivity contribution in [3.63, 3.8) is 0 Å². The number of carbonyl (C=O) groups is 2. The molecule has 1 saturated carbocycles. The number of aliphatic imine (C=N–C) groups is 1. The second kappa shape index (κ2) is 10.3. The fourth-order valence-electron chi connectivity index (χ4n) is 4.49. The topological polar surface area (TPSA) is 74.7 Å². The number of benzodiazepines with no additional fused rings is 1. The lowest BCUT2D eigenvalue weighted by Crippen LogP contribution is -2.48. The van der Waals surface area contributed by atoms with Gasteiger partial charge in [-0.15, -0.1) is 0 Å². The molecule has 6 nitrogen and oxygen atoms in total. The number of para-hydroxylation sites is 1. The largest absolute Gasteiger partial charge is 0.326 e. The highest BCUT2D eigenvalue weighted by atomic mass is 16.2. The summed E-state index contributed by atoms with van der Waals surface area (Å²) < 4.78 is 0. The number of nitrogens with zero attached hydrogens (tertiary/aromatic N) is 3. The molecule has 2 heterocycles. The Morgan fingerprint density at radius 3 is 2.73 bits per heavy atom. The average Bonchev–Trinajstić information content (AvgIpc) is 3.64. The maximum absolute atomic E-state index is 13.4. The molecule has 1 fully saturated rings. The van der Waals surface area contributed by atoms with Gasteiger partial charge < -0.3 is 10.2 Å². The predicted octanol–water partition coefficient (Wildman–Crippen LogP) is 4.64. The molecule has 33 heavy (non-hydrogen) atoms. The number of carbonyl (C=O) groups excluding carboxylic acids is 2. The highest BCUT2D eigenvalue weighted by Crippen LogP contribution is 2.37. The summed E-state index contributed by atoms with van der Waals surface area (Å²) in [7, 11) is 1.74. The Morgan fingerprint density at radius 1 is 1.21 bits per heavy atom. The van der Waals surface area contributed by atoms with E-state index < -0.39 is 6.17 Å². The first-order chi connectivity index (χ1) is 16.0. The molecule has 2 aliphatic rings. The Bertz CT molecular complexity index is 1040. The molecular formula is C27H34N4O2. The Morgan fingerprint density at radius 2 is 2.00 bits per heavy atom. The molecule has 1 N–H and O–H groups in total. The minimum atomic E-state index is -0.972. The van der Waals surface area contributed by atoms with E-state index in [9.17, 15) is 9.59 Å². The molecule has 0 saturated heterocycles. The molecule has 1 aliphatic carbocycles. The van der Waals surface area contributed by atoms with Crippen LogP contribution in [0.25, 0.3) is 0 Å². The summed E-state index contributed by atoms with van der Waals surface area (Å²) in [4.78, 5) is 37.7. The molecule has 0 radical (unpaired) electrons. The Labute approximate surface area is 196 Å². The molecule has 2 amide bonds. The molecule has 2 aromatic rings. The fourth-order valence-corrected chi connectivity index (χ4v) is 4.49.